The average molecular weight is 538 g/mol. The summed E-state index contributed by atoms with van der Waals surface area (Å²) >= 11 is 0. The topological polar surface area (TPSA) is 119 Å². The van der Waals surface area contributed by atoms with Crippen molar-refractivity contribution in [1.29, 1.82) is 5.41 Å². The monoisotopic (exact) mass is 537 g/mol. The molecule has 0 unspecified atom stereocenters. The molecule has 4 aromatic rings. The molecule has 0 atom stereocenters. The van der Waals surface area contributed by atoms with E-state index in [0.29, 0.717) is 46.9 Å². The van der Waals surface area contributed by atoms with Gasteiger partial charge in [0.25, 0.3) is 11.8 Å². The first-order valence-corrected chi connectivity index (χ1v) is 12.8. The van der Waals surface area contributed by atoms with Crippen LogP contribution in [-0.2, 0) is 0 Å². The molecule has 0 saturated carbocycles. The fraction of sp³-hybridized carbons (Fsp3) is 0.219. The molecule has 4 rings (SSSR count). The minimum absolute atomic E-state index is 0.0351. The molecular weight excluding hydrogens is 502 g/mol. The molecule has 0 spiro atoms. The van der Waals surface area contributed by atoms with Crippen molar-refractivity contribution in [3.05, 3.63) is 101 Å². The van der Waals surface area contributed by atoms with Gasteiger partial charge in [0.15, 0.2) is 0 Å². The summed E-state index contributed by atoms with van der Waals surface area (Å²) < 4.78 is 0. The summed E-state index contributed by atoms with van der Waals surface area (Å²) in [6.07, 6.45) is 2.01. The number of aliphatic hydroxyl groups excluding tert-OH is 1. The van der Waals surface area contributed by atoms with E-state index in [9.17, 15) is 14.7 Å². The number of benzene rings is 2. The second-order valence-electron chi connectivity index (χ2n) is 9.82. The van der Waals surface area contributed by atoms with Crippen LogP contribution in [0.4, 0.5) is 5.69 Å². The van der Waals surface area contributed by atoms with Crippen LogP contribution in [-0.4, -0.2) is 51.1 Å². The number of aryl methyl sites for hydroxylation is 2. The van der Waals surface area contributed by atoms with Crippen LogP contribution in [0, 0.1) is 19.3 Å². The molecule has 8 nitrogen and oxygen atoms in total. The Labute approximate surface area is 234 Å². The molecule has 206 valence electrons. The standard InChI is InChI=1S/C29H28N4O3.C3H7N/c1-18-15-19(2)27-23(16-18)24(17-26(32-27)25-7-5-6-13-30-25)28(35)31-22-10-8-21(9-11-22)29(36)33(4)14-12-20(3)34;1-3(2)4/h5-11,13,15-17,34H,3,12,14H2,1-2,4H3,(H,31,35);4H,1-2H3. The van der Waals surface area contributed by atoms with Gasteiger partial charge in [0.2, 0.25) is 0 Å². The van der Waals surface area contributed by atoms with E-state index in [0.717, 1.165) is 22.0 Å². The van der Waals surface area contributed by atoms with Gasteiger partial charge in [-0.15, -0.1) is 0 Å². The van der Waals surface area contributed by atoms with E-state index in [-0.39, 0.29) is 17.6 Å². The fourth-order valence-electron chi connectivity index (χ4n) is 4.03. The Balaban J connectivity index is 0.00000103. The molecule has 0 saturated heterocycles. The lowest BCUT2D eigenvalue weighted by Gasteiger charge is -2.17. The number of carbonyl (C=O) groups excluding carboxylic acids is 2. The number of aromatic nitrogens is 2. The van der Waals surface area contributed by atoms with Crippen molar-refractivity contribution in [2.24, 2.45) is 0 Å². The fourth-order valence-corrected chi connectivity index (χ4v) is 4.03. The van der Waals surface area contributed by atoms with Crippen molar-refractivity contribution in [1.82, 2.24) is 14.9 Å². The van der Waals surface area contributed by atoms with E-state index in [4.69, 9.17) is 10.4 Å². The minimum Gasteiger partial charge on any atom is -0.513 e. The zero-order valence-electron chi connectivity index (χ0n) is 23.6. The molecule has 3 N–H and O–H groups in total. The molecule has 2 heterocycles. The van der Waals surface area contributed by atoms with Gasteiger partial charge < -0.3 is 20.7 Å². The molecule has 0 aliphatic rings. The van der Waals surface area contributed by atoms with Gasteiger partial charge in [-0.2, -0.15) is 0 Å². The van der Waals surface area contributed by atoms with Crippen LogP contribution in [0.3, 0.4) is 0 Å². The Morgan fingerprint density at radius 3 is 2.30 bits per heavy atom. The number of pyridine rings is 2. The van der Waals surface area contributed by atoms with Gasteiger partial charge in [-0.3, -0.25) is 14.6 Å². The second kappa shape index (κ2) is 13.3. The second-order valence-corrected chi connectivity index (χ2v) is 9.82. The largest absolute Gasteiger partial charge is 0.513 e. The van der Waals surface area contributed by atoms with Gasteiger partial charge in [-0.1, -0.05) is 24.3 Å². The Morgan fingerprint density at radius 2 is 1.70 bits per heavy atom. The zero-order valence-corrected chi connectivity index (χ0v) is 23.6. The summed E-state index contributed by atoms with van der Waals surface area (Å²) in [4.78, 5) is 36.8. The molecule has 0 bridgehead atoms. The number of hydrogen-bond donors (Lipinski definition) is 3. The number of fused-ring (bicyclic) bond motifs is 1. The average Bonchev–Trinajstić information content (AvgIpc) is 2.91. The first-order chi connectivity index (χ1) is 19.0. The molecule has 40 heavy (non-hydrogen) atoms. The highest BCUT2D eigenvalue weighted by atomic mass is 16.3. The Morgan fingerprint density at radius 1 is 1.02 bits per heavy atom. The van der Waals surface area contributed by atoms with Gasteiger partial charge in [0.1, 0.15) is 0 Å². The number of nitrogens with one attached hydrogen (secondary N) is 2. The SMILES string of the molecule is C=C(O)CCN(C)C(=O)c1ccc(NC(=O)c2cc(-c3ccccn3)nc3c(C)cc(C)cc23)cc1.CC(C)=N. The molecule has 2 aromatic heterocycles. The van der Waals surface area contributed by atoms with Crippen LogP contribution in [0.5, 0.6) is 0 Å². The number of amides is 2. The third-order valence-corrected chi connectivity index (χ3v) is 5.89. The molecular formula is C32H35N5O3. The van der Waals surface area contributed by atoms with Crippen molar-refractivity contribution < 1.29 is 14.7 Å². The lowest BCUT2D eigenvalue weighted by molar-refractivity contribution is 0.0793. The van der Waals surface area contributed by atoms with Crippen molar-refractivity contribution in [2.45, 2.75) is 34.1 Å². The van der Waals surface area contributed by atoms with Crippen LogP contribution in [0.1, 0.15) is 52.1 Å². The molecule has 0 aliphatic heterocycles. The molecule has 2 amide bonds. The van der Waals surface area contributed by atoms with Crippen LogP contribution in [0.15, 0.2) is 79.2 Å². The Hall–Kier alpha value is -4.85. The van der Waals surface area contributed by atoms with E-state index in [1.165, 1.54) is 4.90 Å². The predicted molar refractivity (Wildman–Crippen MR) is 161 cm³/mol. The van der Waals surface area contributed by atoms with Crippen molar-refractivity contribution in [3.63, 3.8) is 0 Å². The molecule has 2 aromatic carbocycles. The highest BCUT2D eigenvalue weighted by Gasteiger charge is 2.17. The quantitative estimate of drug-likeness (QED) is 0.178. The maximum atomic E-state index is 13.4. The molecule has 0 aliphatic carbocycles. The molecule has 0 radical (unpaired) electrons. The molecule has 0 fully saturated rings. The summed E-state index contributed by atoms with van der Waals surface area (Å²) in [6.45, 7) is 11.3. The summed E-state index contributed by atoms with van der Waals surface area (Å²) in [7, 11) is 1.67. The highest BCUT2D eigenvalue weighted by molar-refractivity contribution is 6.13. The summed E-state index contributed by atoms with van der Waals surface area (Å²) in [6, 6.07) is 18.1. The van der Waals surface area contributed by atoms with Gasteiger partial charge >= 0.3 is 0 Å². The van der Waals surface area contributed by atoms with E-state index in [1.54, 1.807) is 57.4 Å². The Kier molecular flexibility index (Phi) is 9.86. The Bertz CT molecular complexity index is 1540. The zero-order chi connectivity index (χ0) is 29.4. The first-order valence-electron chi connectivity index (χ1n) is 12.8. The predicted octanol–water partition coefficient (Wildman–Crippen LogP) is 6.75. The van der Waals surface area contributed by atoms with E-state index < -0.39 is 0 Å². The van der Waals surface area contributed by atoms with E-state index >= 15 is 0 Å². The number of hydrogen-bond acceptors (Lipinski definition) is 6. The summed E-state index contributed by atoms with van der Waals surface area (Å²) in [5.41, 5.74) is 6.29. The van der Waals surface area contributed by atoms with Crippen LogP contribution in [0.2, 0.25) is 0 Å². The molecule has 8 heteroatoms. The van der Waals surface area contributed by atoms with E-state index in [1.807, 2.05) is 44.2 Å². The normalized spacial score (nSPS) is 10.3. The number of carbonyl (C=O) groups is 2. The summed E-state index contributed by atoms with van der Waals surface area (Å²) in [5, 5.41) is 19.5. The van der Waals surface area contributed by atoms with Crippen molar-refractivity contribution >= 4 is 34.1 Å². The van der Waals surface area contributed by atoms with Gasteiger partial charge in [-0.25, -0.2) is 4.98 Å². The third kappa shape index (κ3) is 7.83. The minimum atomic E-state index is -0.276. The lowest BCUT2D eigenvalue weighted by atomic mass is 10.00. The first kappa shape index (κ1) is 29.7. The van der Waals surface area contributed by atoms with Crippen molar-refractivity contribution in [3.8, 4) is 11.4 Å². The number of anilines is 1. The lowest BCUT2D eigenvalue weighted by Crippen LogP contribution is -2.27. The van der Waals surface area contributed by atoms with E-state index in [2.05, 4.69) is 16.9 Å². The maximum Gasteiger partial charge on any atom is 0.256 e. The van der Waals surface area contributed by atoms with Gasteiger partial charge in [-0.05, 0) is 81.8 Å². The summed E-state index contributed by atoms with van der Waals surface area (Å²) in [5.74, 6) is -0.421. The number of nitrogens with zero attached hydrogens (tertiary/aromatic N) is 3. The maximum absolute atomic E-state index is 13.4. The van der Waals surface area contributed by atoms with Crippen LogP contribution >= 0.6 is 0 Å². The van der Waals surface area contributed by atoms with Crippen molar-refractivity contribution in [2.75, 3.05) is 18.9 Å². The van der Waals surface area contributed by atoms with Crippen LogP contribution in [0.25, 0.3) is 22.3 Å². The highest BCUT2D eigenvalue weighted by Crippen LogP contribution is 2.28. The van der Waals surface area contributed by atoms with Gasteiger partial charge in [0, 0.05) is 48.6 Å². The number of aliphatic hydroxyl groups is 1. The number of rotatable bonds is 7. The van der Waals surface area contributed by atoms with Gasteiger partial charge in [0.05, 0.1) is 28.2 Å². The van der Waals surface area contributed by atoms with Crippen LogP contribution < -0.4 is 5.32 Å². The third-order valence-electron chi connectivity index (χ3n) is 5.89. The smallest absolute Gasteiger partial charge is 0.256 e.